The number of nitrogen functional groups attached to an aromatic ring is 1. The third kappa shape index (κ3) is 2.52. The number of aromatic nitrogens is 4. The van der Waals surface area contributed by atoms with E-state index in [4.69, 9.17) is 15.2 Å². The maximum absolute atomic E-state index is 10.2. The molecule has 0 aromatic carbocycles. The van der Waals surface area contributed by atoms with Crippen molar-refractivity contribution in [2.45, 2.75) is 44.5 Å². The second-order valence-corrected chi connectivity index (χ2v) is 5.51. The molecule has 0 bridgehead atoms. The van der Waals surface area contributed by atoms with Crippen molar-refractivity contribution in [2.75, 3.05) is 12.3 Å². The van der Waals surface area contributed by atoms with Gasteiger partial charge in [-0.25, -0.2) is 15.0 Å². The third-order valence-electron chi connectivity index (χ3n) is 3.59. The number of aliphatic hydroxyl groups excluding tert-OH is 2. The summed E-state index contributed by atoms with van der Waals surface area (Å²) < 4.78 is 12.7. The molecule has 1 saturated heterocycles. The van der Waals surface area contributed by atoms with Crippen molar-refractivity contribution >= 4 is 17.0 Å². The molecule has 120 valence electrons. The SMILES string of the molecule is CC(C)OC[C@H]1O[C@@H](n2cnc3c(N)ncnc32)[C@H](O)[C@@H]1O. The lowest BCUT2D eigenvalue weighted by molar-refractivity contribution is -0.0754. The number of hydrogen-bond acceptors (Lipinski definition) is 8. The lowest BCUT2D eigenvalue weighted by atomic mass is 10.1. The number of nitrogens with zero attached hydrogens (tertiary/aromatic N) is 4. The van der Waals surface area contributed by atoms with Gasteiger partial charge in [-0.3, -0.25) is 4.57 Å². The van der Waals surface area contributed by atoms with E-state index in [2.05, 4.69) is 15.0 Å². The number of nitrogens with two attached hydrogens (primary N) is 1. The van der Waals surface area contributed by atoms with Gasteiger partial charge in [0.15, 0.2) is 17.7 Å². The summed E-state index contributed by atoms with van der Waals surface area (Å²) in [6, 6.07) is 0. The van der Waals surface area contributed by atoms with Crippen LogP contribution >= 0.6 is 0 Å². The average Bonchev–Trinajstić information content (AvgIpc) is 3.01. The van der Waals surface area contributed by atoms with E-state index in [-0.39, 0.29) is 18.5 Å². The third-order valence-corrected chi connectivity index (χ3v) is 3.59. The Balaban J connectivity index is 1.86. The van der Waals surface area contributed by atoms with Gasteiger partial charge in [-0.15, -0.1) is 0 Å². The minimum absolute atomic E-state index is 0.00797. The van der Waals surface area contributed by atoms with E-state index in [0.29, 0.717) is 11.2 Å². The first-order valence-corrected chi connectivity index (χ1v) is 7.05. The lowest BCUT2D eigenvalue weighted by Gasteiger charge is -2.17. The van der Waals surface area contributed by atoms with Gasteiger partial charge in [0.2, 0.25) is 0 Å². The van der Waals surface area contributed by atoms with Crippen LogP contribution in [-0.4, -0.2) is 60.8 Å². The summed E-state index contributed by atoms with van der Waals surface area (Å²) in [4.78, 5) is 12.1. The molecule has 0 saturated carbocycles. The van der Waals surface area contributed by atoms with Crippen LogP contribution in [0.15, 0.2) is 12.7 Å². The van der Waals surface area contributed by atoms with Gasteiger partial charge in [0.1, 0.15) is 30.2 Å². The molecular weight excluding hydrogens is 290 g/mol. The molecule has 4 N–H and O–H groups in total. The number of hydrogen-bond donors (Lipinski definition) is 3. The molecule has 4 atom stereocenters. The molecule has 1 aliphatic rings. The summed E-state index contributed by atoms with van der Waals surface area (Å²) in [7, 11) is 0. The Kier molecular flexibility index (Phi) is 3.96. The minimum Gasteiger partial charge on any atom is -0.387 e. The summed E-state index contributed by atoms with van der Waals surface area (Å²) >= 11 is 0. The summed E-state index contributed by atoms with van der Waals surface area (Å²) in [5.74, 6) is 0.247. The zero-order chi connectivity index (χ0) is 15.9. The van der Waals surface area contributed by atoms with Gasteiger partial charge in [-0.1, -0.05) is 0 Å². The quantitative estimate of drug-likeness (QED) is 0.686. The van der Waals surface area contributed by atoms with Crippen molar-refractivity contribution in [3.8, 4) is 0 Å². The number of fused-ring (bicyclic) bond motifs is 1. The second-order valence-electron chi connectivity index (χ2n) is 5.51. The zero-order valence-electron chi connectivity index (χ0n) is 12.3. The minimum atomic E-state index is -1.12. The van der Waals surface area contributed by atoms with Crippen molar-refractivity contribution < 1.29 is 19.7 Å². The highest BCUT2D eigenvalue weighted by atomic mass is 16.6. The fourth-order valence-corrected chi connectivity index (χ4v) is 2.44. The first-order valence-electron chi connectivity index (χ1n) is 7.05. The zero-order valence-corrected chi connectivity index (χ0v) is 12.3. The van der Waals surface area contributed by atoms with Crippen LogP contribution in [0.4, 0.5) is 5.82 Å². The number of rotatable bonds is 4. The molecule has 2 aromatic rings. The van der Waals surface area contributed by atoms with Gasteiger partial charge in [-0.05, 0) is 13.8 Å². The molecular formula is C13H19N5O4. The van der Waals surface area contributed by atoms with E-state index < -0.39 is 24.5 Å². The predicted molar refractivity (Wildman–Crippen MR) is 76.7 cm³/mol. The fourth-order valence-electron chi connectivity index (χ4n) is 2.44. The van der Waals surface area contributed by atoms with Crippen LogP contribution in [0, 0.1) is 0 Å². The van der Waals surface area contributed by atoms with Crippen molar-refractivity contribution in [3.05, 3.63) is 12.7 Å². The summed E-state index contributed by atoms with van der Waals surface area (Å²) in [5, 5.41) is 20.4. The highest BCUT2D eigenvalue weighted by Gasteiger charge is 2.44. The Labute approximate surface area is 126 Å². The first-order chi connectivity index (χ1) is 10.5. The molecule has 1 fully saturated rings. The molecule has 3 rings (SSSR count). The Morgan fingerprint density at radius 2 is 2.09 bits per heavy atom. The van der Waals surface area contributed by atoms with Gasteiger partial charge in [-0.2, -0.15) is 0 Å². The number of imidazole rings is 1. The van der Waals surface area contributed by atoms with Crippen LogP contribution in [0.3, 0.4) is 0 Å². The number of ether oxygens (including phenoxy) is 2. The monoisotopic (exact) mass is 309 g/mol. The van der Waals surface area contributed by atoms with E-state index in [1.165, 1.54) is 17.2 Å². The maximum atomic E-state index is 10.2. The van der Waals surface area contributed by atoms with Gasteiger partial charge in [0.25, 0.3) is 0 Å². The molecule has 0 radical (unpaired) electrons. The van der Waals surface area contributed by atoms with Gasteiger partial charge in [0, 0.05) is 0 Å². The van der Waals surface area contributed by atoms with Gasteiger partial charge >= 0.3 is 0 Å². The molecule has 2 aromatic heterocycles. The largest absolute Gasteiger partial charge is 0.387 e. The van der Waals surface area contributed by atoms with Crippen LogP contribution in [-0.2, 0) is 9.47 Å². The molecule has 9 nitrogen and oxygen atoms in total. The topological polar surface area (TPSA) is 129 Å². The molecule has 0 amide bonds. The average molecular weight is 309 g/mol. The van der Waals surface area contributed by atoms with Crippen LogP contribution in [0.5, 0.6) is 0 Å². The highest BCUT2D eigenvalue weighted by molar-refractivity contribution is 5.81. The highest BCUT2D eigenvalue weighted by Crippen LogP contribution is 2.32. The Hall–Kier alpha value is -1.81. The van der Waals surface area contributed by atoms with Crippen molar-refractivity contribution in [1.29, 1.82) is 0 Å². The predicted octanol–water partition coefficient (Wildman–Crippen LogP) is -0.547. The molecule has 1 aliphatic heterocycles. The molecule has 0 aliphatic carbocycles. The number of aliphatic hydroxyl groups is 2. The van der Waals surface area contributed by atoms with Crippen molar-refractivity contribution in [1.82, 2.24) is 19.5 Å². The Morgan fingerprint density at radius 3 is 2.82 bits per heavy atom. The van der Waals surface area contributed by atoms with Crippen LogP contribution in [0.2, 0.25) is 0 Å². The first kappa shape index (κ1) is 15.1. The Bertz CT molecular complexity index is 661. The molecule has 3 heterocycles. The second kappa shape index (κ2) is 5.76. The van der Waals surface area contributed by atoms with Crippen molar-refractivity contribution in [3.63, 3.8) is 0 Å². The number of anilines is 1. The maximum Gasteiger partial charge on any atom is 0.167 e. The summed E-state index contributed by atoms with van der Waals surface area (Å²) in [6.45, 7) is 3.97. The molecule has 0 unspecified atom stereocenters. The normalized spacial score (nSPS) is 28.8. The van der Waals surface area contributed by atoms with E-state index in [1.54, 1.807) is 0 Å². The fraction of sp³-hybridized carbons (Fsp3) is 0.615. The standard InChI is InChI=1S/C13H19N5O4/c1-6(2)21-3-7-9(19)10(20)13(22-7)18-5-17-8-11(14)15-4-16-12(8)18/h4-7,9-10,13,19-20H,3H2,1-2H3,(H2,14,15,16)/t7-,9-,10-,13-/m1/s1. The molecule has 9 heteroatoms. The smallest absolute Gasteiger partial charge is 0.167 e. The van der Waals surface area contributed by atoms with Crippen molar-refractivity contribution in [2.24, 2.45) is 0 Å². The van der Waals surface area contributed by atoms with E-state index >= 15 is 0 Å². The van der Waals surface area contributed by atoms with Crippen LogP contribution in [0.25, 0.3) is 11.2 Å². The van der Waals surface area contributed by atoms with Crippen LogP contribution < -0.4 is 5.73 Å². The summed E-state index contributed by atoms with van der Waals surface area (Å²) in [6.07, 6.45) is -0.827. The molecule has 0 spiro atoms. The van der Waals surface area contributed by atoms with Gasteiger partial charge < -0.3 is 25.4 Å². The Morgan fingerprint density at radius 1 is 1.32 bits per heavy atom. The molecule has 22 heavy (non-hydrogen) atoms. The van der Waals surface area contributed by atoms with Crippen LogP contribution in [0.1, 0.15) is 20.1 Å². The summed E-state index contributed by atoms with van der Waals surface area (Å²) in [5.41, 5.74) is 6.60. The lowest BCUT2D eigenvalue weighted by Crippen LogP contribution is -2.34. The van der Waals surface area contributed by atoms with Gasteiger partial charge in [0.05, 0.1) is 19.0 Å². The van der Waals surface area contributed by atoms with E-state index in [0.717, 1.165) is 0 Å². The van der Waals surface area contributed by atoms with E-state index in [1.807, 2.05) is 13.8 Å². The van der Waals surface area contributed by atoms with E-state index in [9.17, 15) is 10.2 Å².